The number of benzene rings is 2. The number of hydrogen-bond donors (Lipinski definition) is 0. The first-order valence-corrected chi connectivity index (χ1v) is 9.87. The van der Waals surface area contributed by atoms with Gasteiger partial charge in [0.25, 0.3) is 11.8 Å². The number of hydrogen-bond acceptors (Lipinski definition) is 4. The van der Waals surface area contributed by atoms with E-state index >= 15 is 0 Å². The number of rotatable bonds is 6. The van der Waals surface area contributed by atoms with E-state index in [1.807, 2.05) is 6.07 Å². The fourth-order valence-corrected chi connectivity index (χ4v) is 3.55. The lowest BCUT2D eigenvalue weighted by Crippen LogP contribution is -2.40. The average Bonchev–Trinajstić information content (AvgIpc) is 2.94. The molecular formula is C21H15BrF3N3O3. The zero-order valence-electron chi connectivity index (χ0n) is 15.9. The van der Waals surface area contributed by atoms with E-state index in [1.54, 1.807) is 6.07 Å². The van der Waals surface area contributed by atoms with E-state index < -0.39 is 36.9 Å². The Hall–Kier alpha value is -3.19. The Balaban J connectivity index is 1.71. The second-order valence-corrected chi connectivity index (χ2v) is 7.79. The van der Waals surface area contributed by atoms with Crippen molar-refractivity contribution in [2.45, 2.75) is 19.1 Å². The van der Waals surface area contributed by atoms with Crippen molar-refractivity contribution in [3.8, 4) is 6.07 Å². The van der Waals surface area contributed by atoms with Gasteiger partial charge in [0, 0.05) is 24.0 Å². The third-order valence-corrected chi connectivity index (χ3v) is 5.15. The van der Waals surface area contributed by atoms with Gasteiger partial charge in [-0.15, -0.1) is 0 Å². The molecule has 0 aromatic heterocycles. The Morgan fingerprint density at radius 1 is 1.06 bits per heavy atom. The summed E-state index contributed by atoms with van der Waals surface area (Å²) in [5.41, 5.74) is 1.12. The minimum absolute atomic E-state index is 0.177. The van der Waals surface area contributed by atoms with Crippen LogP contribution in [0.25, 0.3) is 0 Å². The number of nitriles is 1. The topological polar surface area (TPSA) is 81.5 Å². The molecule has 3 amide bonds. The number of nitrogens with zero attached hydrogens (tertiary/aromatic N) is 3. The fourth-order valence-electron chi connectivity index (χ4n) is 3.19. The van der Waals surface area contributed by atoms with Crippen LogP contribution in [0.2, 0.25) is 0 Å². The molecule has 0 saturated carbocycles. The molecule has 31 heavy (non-hydrogen) atoms. The summed E-state index contributed by atoms with van der Waals surface area (Å²) in [7, 11) is 0. The zero-order chi connectivity index (χ0) is 22.8. The Morgan fingerprint density at radius 2 is 1.71 bits per heavy atom. The molecule has 0 fully saturated rings. The monoisotopic (exact) mass is 493 g/mol. The van der Waals surface area contributed by atoms with Gasteiger partial charge < -0.3 is 4.90 Å². The van der Waals surface area contributed by atoms with Crippen LogP contribution in [0.3, 0.4) is 0 Å². The van der Waals surface area contributed by atoms with Gasteiger partial charge in [0.15, 0.2) is 0 Å². The fraction of sp³-hybridized carbons (Fsp3) is 0.238. The van der Waals surface area contributed by atoms with E-state index in [4.69, 9.17) is 5.26 Å². The van der Waals surface area contributed by atoms with Crippen molar-refractivity contribution in [1.82, 2.24) is 9.80 Å². The summed E-state index contributed by atoms with van der Waals surface area (Å²) < 4.78 is 39.6. The van der Waals surface area contributed by atoms with Crippen molar-refractivity contribution >= 4 is 33.7 Å². The van der Waals surface area contributed by atoms with Crippen molar-refractivity contribution in [3.05, 3.63) is 69.2 Å². The highest BCUT2D eigenvalue weighted by Gasteiger charge is 2.37. The molecule has 0 N–H and O–H groups in total. The number of carbonyl (C=O) groups excluding carboxylic acids is 3. The van der Waals surface area contributed by atoms with Crippen LogP contribution in [0, 0.1) is 11.3 Å². The Bertz CT molecular complexity index is 1080. The summed E-state index contributed by atoms with van der Waals surface area (Å²) in [6.07, 6.45) is -5.07. The van der Waals surface area contributed by atoms with Gasteiger partial charge in [-0.25, -0.2) is 0 Å². The molecular weight excluding hydrogens is 479 g/mol. The molecule has 0 spiro atoms. The van der Waals surface area contributed by atoms with Gasteiger partial charge in [0.2, 0.25) is 5.91 Å². The quantitative estimate of drug-likeness (QED) is 0.571. The summed E-state index contributed by atoms with van der Waals surface area (Å²) in [6.45, 7) is -2.12. The molecule has 1 aliphatic rings. The van der Waals surface area contributed by atoms with Crippen LogP contribution in [0.4, 0.5) is 13.2 Å². The molecule has 0 atom stereocenters. The number of alkyl halides is 3. The van der Waals surface area contributed by atoms with Crippen molar-refractivity contribution in [2.24, 2.45) is 0 Å². The van der Waals surface area contributed by atoms with Crippen LogP contribution < -0.4 is 0 Å². The second-order valence-electron chi connectivity index (χ2n) is 6.88. The standard InChI is InChI=1S/C21H15BrF3N3O3/c22-15-5-6-16-17(9-15)20(31)28(19(16)30)8-7-18(29)27(12-21(23,24)25)11-14-3-1-13(10-26)2-4-14/h1-6,9H,7-8,11-12H2. The van der Waals surface area contributed by atoms with Crippen LogP contribution in [-0.2, 0) is 11.3 Å². The van der Waals surface area contributed by atoms with Crippen LogP contribution in [0.5, 0.6) is 0 Å². The lowest BCUT2D eigenvalue weighted by molar-refractivity contribution is -0.162. The highest BCUT2D eigenvalue weighted by Crippen LogP contribution is 2.26. The normalized spacial score (nSPS) is 13.2. The van der Waals surface area contributed by atoms with E-state index in [0.29, 0.717) is 20.5 Å². The molecule has 1 heterocycles. The first-order chi connectivity index (χ1) is 14.6. The van der Waals surface area contributed by atoms with Crippen LogP contribution in [-0.4, -0.2) is 46.8 Å². The van der Waals surface area contributed by atoms with Gasteiger partial charge in [0.05, 0.1) is 22.8 Å². The van der Waals surface area contributed by atoms with Crippen molar-refractivity contribution in [1.29, 1.82) is 5.26 Å². The first kappa shape index (κ1) is 22.5. The molecule has 0 saturated heterocycles. The maximum atomic E-state index is 13.0. The zero-order valence-corrected chi connectivity index (χ0v) is 17.5. The van der Waals surface area contributed by atoms with Gasteiger partial charge in [-0.2, -0.15) is 18.4 Å². The minimum atomic E-state index is -4.62. The minimum Gasteiger partial charge on any atom is -0.329 e. The van der Waals surface area contributed by atoms with E-state index in [9.17, 15) is 27.6 Å². The Kier molecular flexibility index (Phi) is 6.45. The summed E-state index contributed by atoms with van der Waals surface area (Å²) in [6, 6.07) is 12.3. The highest BCUT2D eigenvalue weighted by molar-refractivity contribution is 9.10. The molecule has 6 nitrogen and oxygen atoms in total. The van der Waals surface area contributed by atoms with Gasteiger partial charge >= 0.3 is 6.18 Å². The molecule has 160 valence electrons. The Morgan fingerprint density at radius 3 is 2.32 bits per heavy atom. The van der Waals surface area contributed by atoms with Crippen molar-refractivity contribution < 1.29 is 27.6 Å². The number of amides is 3. The van der Waals surface area contributed by atoms with Crippen LogP contribution in [0.15, 0.2) is 46.9 Å². The Labute approximate surface area is 184 Å². The molecule has 1 aliphatic heterocycles. The maximum absolute atomic E-state index is 13.0. The average molecular weight is 494 g/mol. The first-order valence-electron chi connectivity index (χ1n) is 9.08. The molecule has 10 heteroatoms. The number of halogens is 4. The lowest BCUT2D eigenvalue weighted by Gasteiger charge is -2.25. The molecule has 0 unspecified atom stereocenters. The van der Waals surface area contributed by atoms with Crippen molar-refractivity contribution in [2.75, 3.05) is 13.1 Å². The summed E-state index contributed by atoms with van der Waals surface area (Å²) in [5, 5.41) is 8.82. The predicted molar refractivity (Wildman–Crippen MR) is 107 cm³/mol. The molecule has 2 aromatic carbocycles. The van der Waals surface area contributed by atoms with Gasteiger partial charge in [-0.05, 0) is 35.9 Å². The largest absolute Gasteiger partial charge is 0.406 e. The van der Waals surface area contributed by atoms with E-state index in [0.717, 1.165) is 4.90 Å². The van der Waals surface area contributed by atoms with E-state index in [1.165, 1.54) is 36.4 Å². The second kappa shape index (κ2) is 8.89. The molecule has 0 aliphatic carbocycles. The molecule has 0 radical (unpaired) electrons. The molecule has 0 bridgehead atoms. The SMILES string of the molecule is N#Cc1ccc(CN(CC(F)(F)F)C(=O)CCN2C(=O)c3ccc(Br)cc3C2=O)cc1. The van der Waals surface area contributed by atoms with Crippen LogP contribution >= 0.6 is 15.9 Å². The number of imide groups is 1. The summed E-state index contributed by atoms with van der Waals surface area (Å²) >= 11 is 3.21. The van der Waals surface area contributed by atoms with Crippen molar-refractivity contribution in [3.63, 3.8) is 0 Å². The van der Waals surface area contributed by atoms with E-state index in [2.05, 4.69) is 15.9 Å². The van der Waals surface area contributed by atoms with Gasteiger partial charge in [0.1, 0.15) is 6.54 Å². The van der Waals surface area contributed by atoms with Crippen LogP contribution in [0.1, 0.15) is 38.3 Å². The molecule has 3 rings (SSSR count). The predicted octanol–water partition coefficient (Wildman–Crippen LogP) is 3.90. The lowest BCUT2D eigenvalue weighted by atomic mass is 10.1. The van der Waals surface area contributed by atoms with E-state index in [-0.39, 0.29) is 24.2 Å². The summed E-state index contributed by atoms with van der Waals surface area (Å²) in [4.78, 5) is 39.0. The van der Waals surface area contributed by atoms with Gasteiger partial charge in [-0.1, -0.05) is 28.1 Å². The number of fused-ring (bicyclic) bond motifs is 1. The number of carbonyl (C=O) groups is 3. The maximum Gasteiger partial charge on any atom is 0.406 e. The van der Waals surface area contributed by atoms with Gasteiger partial charge in [-0.3, -0.25) is 19.3 Å². The highest BCUT2D eigenvalue weighted by atomic mass is 79.9. The molecule has 2 aromatic rings. The smallest absolute Gasteiger partial charge is 0.329 e. The third-order valence-electron chi connectivity index (χ3n) is 4.66. The summed E-state index contributed by atoms with van der Waals surface area (Å²) in [5.74, 6) is -2.03. The third kappa shape index (κ3) is 5.30.